The quantitative estimate of drug-likeness (QED) is 0.839. The Morgan fingerprint density at radius 2 is 2.05 bits per heavy atom. The summed E-state index contributed by atoms with van der Waals surface area (Å²) in [5.74, 6) is 0.149. The first kappa shape index (κ1) is 16.6. The highest BCUT2D eigenvalue weighted by Gasteiger charge is 2.15. The molecule has 122 valence electrons. The van der Waals surface area contributed by atoms with E-state index in [9.17, 15) is 4.79 Å². The average Bonchev–Trinajstić information content (AvgIpc) is 2.53. The van der Waals surface area contributed by atoms with Crippen LogP contribution in [-0.4, -0.2) is 49.8 Å². The Hall–Kier alpha value is -1.75. The van der Waals surface area contributed by atoms with Crippen LogP contribution in [0.5, 0.6) is 5.75 Å². The van der Waals surface area contributed by atoms with Crippen LogP contribution in [0.15, 0.2) is 18.2 Å². The Morgan fingerprint density at radius 1 is 1.32 bits per heavy atom. The highest BCUT2D eigenvalue weighted by molar-refractivity contribution is 5.66. The van der Waals surface area contributed by atoms with Gasteiger partial charge in [0.05, 0.1) is 19.2 Å². The Bertz CT molecular complexity index is 499. The number of ether oxygens (including phenoxy) is 1. The Balaban J connectivity index is 2.03. The van der Waals surface area contributed by atoms with Gasteiger partial charge in [-0.05, 0) is 44.0 Å². The predicted molar refractivity (Wildman–Crippen MR) is 87.6 cm³/mol. The van der Waals surface area contributed by atoms with Gasteiger partial charge in [-0.3, -0.25) is 4.79 Å². The van der Waals surface area contributed by atoms with Crippen molar-refractivity contribution in [1.29, 1.82) is 0 Å². The second-order valence-corrected chi connectivity index (χ2v) is 5.94. The average molecular weight is 306 g/mol. The van der Waals surface area contributed by atoms with Crippen LogP contribution < -0.4 is 9.64 Å². The Labute approximate surface area is 132 Å². The third-order valence-electron chi connectivity index (χ3n) is 4.10. The molecule has 0 aromatic heterocycles. The van der Waals surface area contributed by atoms with Gasteiger partial charge >= 0.3 is 5.97 Å². The molecule has 0 unspecified atom stereocenters. The zero-order valence-electron chi connectivity index (χ0n) is 13.5. The summed E-state index contributed by atoms with van der Waals surface area (Å²) in [4.78, 5) is 15.0. The molecule has 5 heteroatoms. The zero-order chi connectivity index (χ0) is 15.9. The van der Waals surface area contributed by atoms with Crippen LogP contribution in [0, 0.1) is 0 Å². The predicted octanol–water partition coefficient (Wildman–Crippen LogP) is 2.59. The van der Waals surface area contributed by atoms with E-state index in [2.05, 4.69) is 23.1 Å². The van der Waals surface area contributed by atoms with Crippen LogP contribution >= 0.6 is 0 Å². The van der Waals surface area contributed by atoms with Crippen LogP contribution in [0.3, 0.4) is 0 Å². The SMILES string of the molecule is COc1cc(CN(C)CCC(=O)O)ccc1N1CCCCC1. The number of anilines is 1. The first-order valence-electron chi connectivity index (χ1n) is 7.92. The molecule has 1 heterocycles. The number of methoxy groups -OCH3 is 1. The van der Waals surface area contributed by atoms with Gasteiger partial charge in [0.15, 0.2) is 0 Å². The summed E-state index contributed by atoms with van der Waals surface area (Å²) in [5.41, 5.74) is 2.31. The summed E-state index contributed by atoms with van der Waals surface area (Å²) in [6.07, 6.45) is 3.95. The minimum absolute atomic E-state index is 0.166. The first-order valence-corrected chi connectivity index (χ1v) is 7.92. The van der Waals surface area contributed by atoms with Crippen LogP contribution in [0.25, 0.3) is 0 Å². The smallest absolute Gasteiger partial charge is 0.304 e. The minimum atomic E-state index is -0.759. The van der Waals surface area contributed by atoms with E-state index < -0.39 is 5.97 Å². The third kappa shape index (κ3) is 4.63. The number of hydrogen-bond donors (Lipinski definition) is 1. The molecule has 5 nitrogen and oxygen atoms in total. The lowest BCUT2D eigenvalue weighted by atomic mass is 10.1. The molecule has 0 atom stereocenters. The highest BCUT2D eigenvalue weighted by atomic mass is 16.5. The molecule has 1 saturated heterocycles. The first-order chi connectivity index (χ1) is 10.6. The maximum Gasteiger partial charge on any atom is 0.304 e. The molecule has 1 N–H and O–H groups in total. The fraction of sp³-hybridized carbons (Fsp3) is 0.588. The molecule has 1 aromatic rings. The van der Waals surface area contributed by atoms with Crippen LogP contribution in [-0.2, 0) is 11.3 Å². The summed E-state index contributed by atoms with van der Waals surface area (Å²) in [6, 6.07) is 6.31. The summed E-state index contributed by atoms with van der Waals surface area (Å²) in [5, 5.41) is 8.74. The molecule has 1 aliphatic heterocycles. The number of nitrogens with zero attached hydrogens (tertiary/aromatic N) is 2. The van der Waals surface area contributed by atoms with Gasteiger partial charge in [0.1, 0.15) is 5.75 Å². The maximum absolute atomic E-state index is 10.6. The fourth-order valence-corrected chi connectivity index (χ4v) is 2.89. The molecule has 0 saturated carbocycles. The van der Waals surface area contributed by atoms with E-state index in [0.29, 0.717) is 6.54 Å². The number of rotatable bonds is 7. The maximum atomic E-state index is 10.6. The normalized spacial score (nSPS) is 15.1. The van der Waals surface area contributed by atoms with Crippen molar-refractivity contribution >= 4 is 11.7 Å². The van der Waals surface area contributed by atoms with Gasteiger partial charge < -0.3 is 19.6 Å². The van der Waals surface area contributed by atoms with E-state index in [1.54, 1.807) is 7.11 Å². The van der Waals surface area contributed by atoms with Crippen LogP contribution in [0.1, 0.15) is 31.2 Å². The number of hydrogen-bond acceptors (Lipinski definition) is 4. The van der Waals surface area contributed by atoms with Gasteiger partial charge in [-0.2, -0.15) is 0 Å². The standard InChI is InChI=1S/C17H26N2O3/c1-18(11-8-17(20)21)13-14-6-7-15(16(12-14)22-2)19-9-4-3-5-10-19/h6-7,12H,3-5,8-11,13H2,1-2H3,(H,20,21). The molecule has 1 fully saturated rings. The molecule has 0 spiro atoms. The zero-order valence-corrected chi connectivity index (χ0v) is 13.5. The lowest BCUT2D eigenvalue weighted by molar-refractivity contribution is -0.137. The van der Waals surface area contributed by atoms with Crippen LogP contribution in [0.2, 0.25) is 0 Å². The van der Waals surface area contributed by atoms with Gasteiger partial charge in [0, 0.05) is 26.2 Å². The number of carbonyl (C=O) groups is 1. The van der Waals surface area contributed by atoms with Crippen molar-refractivity contribution < 1.29 is 14.6 Å². The third-order valence-corrected chi connectivity index (χ3v) is 4.10. The number of piperidine rings is 1. The molecule has 2 rings (SSSR count). The number of benzene rings is 1. The fourth-order valence-electron chi connectivity index (χ4n) is 2.89. The monoisotopic (exact) mass is 306 g/mol. The van der Waals surface area contributed by atoms with Crippen molar-refractivity contribution in [3.63, 3.8) is 0 Å². The molecular formula is C17H26N2O3. The minimum Gasteiger partial charge on any atom is -0.495 e. The number of carboxylic acid groups (broad SMARTS) is 1. The van der Waals surface area contributed by atoms with E-state index in [-0.39, 0.29) is 6.42 Å². The Kier molecular flexibility index (Phi) is 6.07. The molecule has 1 aliphatic rings. The van der Waals surface area contributed by atoms with E-state index in [0.717, 1.165) is 30.9 Å². The molecule has 0 amide bonds. The van der Waals surface area contributed by atoms with Gasteiger partial charge in [0.2, 0.25) is 0 Å². The largest absolute Gasteiger partial charge is 0.495 e. The molecule has 0 bridgehead atoms. The lowest BCUT2D eigenvalue weighted by Crippen LogP contribution is -2.29. The van der Waals surface area contributed by atoms with Crippen molar-refractivity contribution in [2.24, 2.45) is 0 Å². The van der Waals surface area contributed by atoms with Crippen molar-refractivity contribution in [1.82, 2.24) is 4.90 Å². The van der Waals surface area contributed by atoms with Crippen molar-refractivity contribution in [3.05, 3.63) is 23.8 Å². The van der Waals surface area contributed by atoms with Gasteiger partial charge in [-0.15, -0.1) is 0 Å². The van der Waals surface area contributed by atoms with Crippen molar-refractivity contribution in [2.45, 2.75) is 32.2 Å². The van der Waals surface area contributed by atoms with Crippen LogP contribution in [0.4, 0.5) is 5.69 Å². The molecular weight excluding hydrogens is 280 g/mol. The summed E-state index contributed by atoms with van der Waals surface area (Å²) in [6.45, 7) is 3.46. The van der Waals surface area contributed by atoms with Gasteiger partial charge in [-0.25, -0.2) is 0 Å². The second kappa shape index (κ2) is 8.03. The topological polar surface area (TPSA) is 53.0 Å². The molecule has 22 heavy (non-hydrogen) atoms. The van der Waals surface area contributed by atoms with E-state index in [1.807, 2.05) is 11.9 Å². The second-order valence-electron chi connectivity index (χ2n) is 5.94. The number of aliphatic carboxylic acids is 1. The summed E-state index contributed by atoms with van der Waals surface area (Å²) in [7, 11) is 3.65. The summed E-state index contributed by atoms with van der Waals surface area (Å²) < 4.78 is 5.56. The molecule has 0 radical (unpaired) electrons. The number of carboxylic acids is 1. The molecule has 0 aliphatic carbocycles. The van der Waals surface area contributed by atoms with E-state index in [4.69, 9.17) is 9.84 Å². The lowest BCUT2D eigenvalue weighted by Gasteiger charge is -2.30. The van der Waals surface area contributed by atoms with Crippen molar-refractivity contribution in [3.8, 4) is 5.75 Å². The summed E-state index contributed by atoms with van der Waals surface area (Å²) >= 11 is 0. The van der Waals surface area contributed by atoms with E-state index in [1.165, 1.54) is 24.9 Å². The highest BCUT2D eigenvalue weighted by Crippen LogP contribution is 2.31. The Morgan fingerprint density at radius 3 is 2.68 bits per heavy atom. The van der Waals surface area contributed by atoms with Gasteiger partial charge in [-0.1, -0.05) is 6.07 Å². The molecule has 1 aromatic carbocycles. The van der Waals surface area contributed by atoms with E-state index >= 15 is 0 Å². The van der Waals surface area contributed by atoms with Gasteiger partial charge in [0.25, 0.3) is 0 Å². The van der Waals surface area contributed by atoms with Crippen molar-refractivity contribution in [2.75, 3.05) is 38.7 Å².